The minimum atomic E-state index is -1.50. The predicted molar refractivity (Wildman–Crippen MR) is 107 cm³/mol. The molecule has 1 amide bonds. The molecule has 1 aliphatic rings. The first kappa shape index (κ1) is 19.2. The van der Waals surface area contributed by atoms with Gasteiger partial charge in [0.1, 0.15) is 12.1 Å². The first-order chi connectivity index (χ1) is 12.8. The number of alkyl carbamates (subject to hydrolysis) is 1. The Labute approximate surface area is 166 Å². The molecule has 2 aromatic rings. The summed E-state index contributed by atoms with van der Waals surface area (Å²) in [6.07, 6.45) is -0.720. The number of hydrogen-bond acceptors (Lipinski definition) is 3. The molecule has 0 saturated carbocycles. The second kappa shape index (κ2) is 7.56. The van der Waals surface area contributed by atoms with Gasteiger partial charge in [-0.25, -0.2) is 9.59 Å². The fourth-order valence-electron chi connectivity index (χ4n) is 3.42. The van der Waals surface area contributed by atoms with Crippen LogP contribution in [-0.4, -0.2) is 29.3 Å². The Kier molecular flexibility index (Phi) is 5.37. The number of fused-ring (bicyclic) bond motifs is 3. The standard InChI is InChI=1S/C21H20BrNO4/c1-13(22)11-21(2,19(24)25)23-20(26)27-12-18-16-9-5-3-7-14(16)15-8-4-6-10-17(15)18/h3-10,18H,1,11-12H2,2H3,(H,23,26)(H,24,25)/t21-/m1/s1. The number of hydrogen-bond donors (Lipinski definition) is 2. The Hall–Kier alpha value is -2.60. The average Bonchev–Trinajstić information content (AvgIpc) is 2.93. The number of carbonyl (C=O) groups is 2. The van der Waals surface area contributed by atoms with Gasteiger partial charge in [-0.05, 0) is 33.7 Å². The normalized spacial score (nSPS) is 14.6. The maximum Gasteiger partial charge on any atom is 0.408 e. The molecule has 0 radical (unpaired) electrons. The largest absolute Gasteiger partial charge is 0.480 e. The molecule has 5 nitrogen and oxygen atoms in total. The van der Waals surface area contributed by atoms with Crippen molar-refractivity contribution in [2.75, 3.05) is 6.61 Å². The van der Waals surface area contributed by atoms with E-state index >= 15 is 0 Å². The molecule has 0 fully saturated rings. The molecule has 0 unspecified atom stereocenters. The number of ether oxygens (including phenoxy) is 1. The van der Waals surface area contributed by atoms with Crippen molar-refractivity contribution in [2.45, 2.75) is 24.8 Å². The number of nitrogens with one attached hydrogen (secondary N) is 1. The molecule has 0 spiro atoms. The van der Waals surface area contributed by atoms with Crippen LogP contribution in [0.25, 0.3) is 11.1 Å². The van der Waals surface area contributed by atoms with Gasteiger partial charge in [-0.1, -0.05) is 71.0 Å². The number of rotatable bonds is 6. The molecule has 2 aromatic carbocycles. The third-order valence-electron chi connectivity index (χ3n) is 4.74. The fourth-order valence-corrected chi connectivity index (χ4v) is 3.98. The Morgan fingerprint density at radius 2 is 1.67 bits per heavy atom. The molecule has 6 heteroatoms. The van der Waals surface area contributed by atoms with Crippen LogP contribution in [0.3, 0.4) is 0 Å². The van der Waals surface area contributed by atoms with E-state index in [1.165, 1.54) is 6.92 Å². The topological polar surface area (TPSA) is 75.6 Å². The number of carboxylic acid groups (broad SMARTS) is 1. The van der Waals surface area contributed by atoms with Crippen LogP contribution < -0.4 is 5.32 Å². The van der Waals surface area contributed by atoms with E-state index in [-0.39, 0.29) is 18.9 Å². The van der Waals surface area contributed by atoms with Crippen molar-refractivity contribution in [1.29, 1.82) is 0 Å². The second-order valence-corrected chi connectivity index (χ2v) is 7.90. The number of carboxylic acids is 1. The van der Waals surface area contributed by atoms with Gasteiger partial charge in [0, 0.05) is 12.3 Å². The number of halogens is 1. The smallest absolute Gasteiger partial charge is 0.408 e. The highest BCUT2D eigenvalue weighted by atomic mass is 79.9. The summed E-state index contributed by atoms with van der Waals surface area (Å²) in [4.78, 5) is 23.8. The molecule has 1 atom stereocenters. The monoisotopic (exact) mass is 429 g/mol. The highest BCUT2D eigenvalue weighted by Gasteiger charge is 2.36. The van der Waals surface area contributed by atoms with Crippen molar-refractivity contribution in [1.82, 2.24) is 5.32 Å². The maximum atomic E-state index is 12.3. The number of benzene rings is 2. The van der Waals surface area contributed by atoms with Gasteiger partial charge >= 0.3 is 12.1 Å². The van der Waals surface area contributed by atoms with Crippen LogP contribution in [0.1, 0.15) is 30.4 Å². The third-order valence-corrected chi connectivity index (χ3v) is 5.02. The van der Waals surface area contributed by atoms with Crippen molar-refractivity contribution in [3.05, 3.63) is 70.7 Å². The van der Waals surface area contributed by atoms with Crippen LogP contribution in [0, 0.1) is 0 Å². The van der Waals surface area contributed by atoms with Gasteiger partial charge in [-0.2, -0.15) is 0 Å². The molecule has 1 aliphatic carbocycles. The lowest BCUT2D eigenvalue weighted by molar-refractivity contribution is -0.143. The third kappa shape index (κ3) is 3.90. The summed E-state index contributed by atoms with van der Waals surface area (Å²) in [7, 11) is 0. The summed E-state index contributed by atoms with van der Waals surface area (Å²) in [5.74, 6) is -1.23. The molecule has 140 valence electrons. The first-order valence-electron chi connectivity index (χ1n) is 8.51. The SMILES string of the molecule is C=C(Br)C[C@@](C)(NC(=O)OCC1c2ccccc2-c2ccccc21)C(=O)O. The Balaban J connectivity index is 1.74. The predicted octanol–water partition coefficient (Wildman–Crippen LogP) is 4.67. The highest BCUT2D eigenvalue weighted by molar-refractivity contribution is 9.11. The van der Waals surface area contributed by atoms with Crippen molar-refractivity contribution in [3.8, 4) is 11.1 Å². The van der Waals surface area contributed by atoms with E-state index in [0.717, 1.165) is 22.3 Å². The van der Waals surface area contributed by atoms with Crippen molar-refractivity contribution >= 4 is 28.0 Å². The molecule has 0 aromatic heterocycles. The molecular weight excluding hydrogens is 410 g/mol. The maximum absolute atomic E-state index is 12.3. The number of amides is 1. The zero-order chi connectivity index (χ0) is 19.6. The van der Waals surface area contributed by atoms with Crippen molar-refractivity contribution in [2.24, 2.45) is 0 Å². The van der Waals surface area contributed by atoms with Crippen molar-refractivity contribution < 1.29 is 19.4 Å². The minimum Gasteiger partial charge on any atom is -0.480 e. The summed E-state index contributed by atoms with van der Waals surface area (Å²) in [5, 5.41) is 11.9. The van der Waals surface area contributed by atoms with E-state index < -0.39 is 17.6 Å². The molecule has 0 heterocycles. The zero-order valence-electron chi connectivity index (χ0n) is 14.9. The van der Waals surface area contributed by atoms with Gasteiger partial charge in [0.05, 0.1) is 0 Å². The van der Waals surface area contributed by atoms with Gasteiger partial charge in [-0.3, -0.25) is 0 Å². The zero-order valence-corrected chi connectivity index (χ0v) is 16.5. The van der Waals surface area contributed by atoms with Crippen LogP contribution in [0.5, 0.6) is 0 Å². The van der Waals surface area contributed by atoms with Gasteiger partial charge in [0.2, 0.25) is 0 Å². The molecule has 3 rings (SSSR count). The Morgan fingerprint density at radius 3 is 2.15 bits per heavy atom. The van der Waals surface area contributed by atoms with E-state index in [1.54, 1.807) is 0 Å². The summed E-state index contributed by atoms with van der Waals surface area (Å²) in [6, 6.07) is 16.0. The lowest BCUT2D eigenvalue weighted by atomic mass is 9.98. The van der Waals surface area contributed by atoms with Crippen molar-refractivity contribution in [3.63, 3.8) is 0 Å². The van der Waals surface area contributed by atoms with Crippen LogP contribution in [-0.2, 0) is 9.53 Å². The lowest BCUT2D eigenvalue weighted by Crippen LogP contribution is -2.52. The number of carbonyl (C=O) groups excluding carboxylic acids is 1. The van der Waals surface area contributed by atoms with E-state index in [2.05, 4.69) is 40.0 Å². The molecule has 0 aliphatic heterocycles. The Bertz CT molecular complexity index is 865. The van der Waals surface area contributed by atoms with E-state index in [1.807, 2.05) is 36.4 Å². The van der Waals surface area contributed by atoms with Crippen LogP contribution in [0.15, 0.2) is 59.6 Å². The molecule has 0 saturated heterocycles. The summed E-state index contributed by atoms with van der Waals surface area (Å²) < 4.78 is 5.89. The Morgan fingerprint density at radius 1 is 1.15 bits per heavy atom. The number of aliphatic carboxylic acids is 1. The molecular formula is C21H20BrNO4. The van der Waals surface area contributed by atoms with Gasteiger partial charge in [0.25, 0.3) is 0 Å². The quantitative estimate of drug-likeness (QED) is 0.699. The minimum absolute atomic E-state index is 0.0481. The van der Waals surface area contributed by atoms with Gasteiger partial charge in [-0.15, -0.1) is 0 Å². The average molecular weight is 430 g/mol. The van der Waals surface area contributed by atoms with E-state index in [0.29, 0.717) is 4.48 Å². The van der Waals surface area contributed by atoms with Crippen LogP contribution in [0.2, 0.25) is 0 Å². The van der Waals surface area contributed by atoms with Gasteiger partial charge in [0.15, 0.2) is 0 Å². The van der Waals surface area contributed by atoms with Crippen LogP contribution >= 0.6 is 15.9 Å². The summed E-state index contributed by atoms with van der Waals surface area (Å²) >= 11 is 3.15. The van der Waals surface area contributed by atoms with Gasteiger partial charge < -0.3 is 15.2 Å². The lowest BCUT2D eigenvalue weighted by Gasteiger charge is -2.26. The first-order valence-corrected chi connectivity index (χ1v) is 9.31. The highest BCUT2D eigenvalue weighted by Crippen LogP contribution is 2.44. The molecule has 2 N–H and O–H groups in total. The van der Waals surface area contributed by atoms with E-state index in [4.69, 9.17) is 4.74 Å². The summed E-state index contributed by atoms with van der Waals surface area (Å²) in [5.41, 5.74) is 2.96. The fraction of sp³-hybridized carbons (Fsp3) is 0.238. The molecule has 27 heavy (non-hydrogen) atoms. The molecule has 0 bridgehead atoms. The summed E-state index contributed by atoms with van der Waals surface area (Å²) in [6.45, 7) is 5.20. The van der Waals surface area contributed by atoms with E-state index in [9.17, 15) is 14.7 Å². The van der Waals surface area contributed by atoms with Crippen LogP contribution in [0.4, 0.5) is 4.79 Å². The second-order valence-electron chi connectivity index (χ2n) is 6.78.